The molecule has 1 N–H and O–H groups in total. The number of ether oxygens (including phenoxy) is 1. The third-order valence-corrected chi connectivity index (χ3v) is 3.70. The van der Waals surface area contributed by atoms with Crippen molar-refractivity contribution in [3.05, 3.63) is 64.9 Å². The summed E-state index contributed by atoms with van der Waals surface area (Å²) in [6.07, 6.45) is -0.0922. The molecule has 0 aliphatic carbocycles. The van der Waals surface area contributed by atoms with E-state index >= 15 is 0 Å². The van der Waals surface area contributed by atoms with E-state index in [2.05, 4.69) is 5.32 Å². The van der Waals surface area contributed by atoms with Crippen LogP contribution in [0.4, 0.5) is 4.39 Å². The lowest BCUT2D eigenvalue weighted by molar-refractivity contribution is -0.128. The molecule has 0 radical (unpaired) electrons. The van der Waals surface area contributed by atoms with Crippen molar-refractivity contribution < 1.29 is 13.9 Å². The van der Waals surface area contributed by atoms with E-state index < -0.39 is 6.10 Å². The van der Waals surface area contributed by atoms with Gasteiger partial charge in [-0.2, -0.15) is 0 Å². The van der Waals surface area contributed by atoms with Crippen molar-refractivity contribution in [2.24, 2.45) is 0 Å². The number of nitrogens with one attached hydrogen (secondary N) is 1. The second-order valence-corrected chi connectivity index (χ2v) is 5.69. The Morgan fingerprint density at radius 2 is 1.96 bits per heavy atom. The fourth-order valence-corrected chi connectivity index (χ4v) is 2.35. The average molecular weight is 336 g/mol. The van der Waals surface area contributed by atoms with Crippen molar-refractivity contribution in [3.63, 3.8) is 0 Å². The van der Waals surface area contributed by atoms with E-state index in [1.165, 1.54) is 12.1 Å². The van der Waals surface area contributed by atoms with Gasteiger partial charge in [0, 0.05) is 5.02 Å². The van der Waals surface area contributed by atoms with Crippen LogP contribution in [0.1, 0.15) is 31.9 Å². The minimum absolute atomic E-state index is 0.218. The molecule has 0 spiro atoms. The molecule has 3 nitrogen and oxygen atoms in total. The Morgan fingerprint density at radius 3 is 2.57 bits per heavy atom. The van der Waals surface area contributed by atoms with Crippen molar-refractivity contribution in [1.29, 1.82) is 0 Å². The lowest BCUT2D eigenvalue weighted by atomic mass is 10.1. The fraction of sp³-hybridized carbons (Fsp3) is 0.278. The molecule has 0 fully saturated rings. The first-order valence-electron chi connectivity index (χ1n) is 7.47. The topological polar surface area (TPSA) is 38.3 Å². The molecule has 0 saturated carbocycles. The number of rotatable bonds is 6. The molecule has 0 bridgehead atoms. The van der Waals surface area contributed by atoms with Crippen LogP contribution in [0.2, 0.25) is 5.02 Å². The number of halogens is 2. The Bertz CT molecular complexity index is 660. The average Bonchev–Trinajstić information content (AvgIpc) is 2.53. The molecule has 0 aliphatic heterocycles. The zero-order valence-electron chi connectivity index (χ0n) is 13.1. The maximum atomic E-state index is 13.0. The summed E-state index contributed by atoms with van der Waals surface area (Å²) in [7, 11) is 0. The van der Waals surface area contributed by atoms with E-state index in [1.807, 2.05) is 13.8 Å². The molecule has 0 unspecified atom stereocenters. The first kappa shape index (κ1) is 17.3. The molecule has 122 valence electrons. The highest BCUT2D eigenvalue weighted by Crippen LogP contribution is 2.20. The standard InChI is InChI=1S/C18H19ClFNO2/c1-3-17(23-16-6-4-5-14(19)11-16)18(22)21-12(2)13-7-9-15(20)10-8-13/h4-12,17H,3H2,1-2H3,(H,21,22)/t12-,17-/m0/s1. The molecule has 2 rings (SSSR count). The normalized spacial score (nSPS) is 13.2. The summed E-state index contributed by atoms with van der Waals surface area (Å²) in [5, 5.41) is 3.44. The van der Waals surface area contributed by atoms with Gasteiger partial charge in [0.15, 0.2) is 6.10 Å². The van der Waals surface area contributed by atoms with Crippen molar-refractivity contribution in [2.45, 2.75) is 32.4 Å². The molecular formula is C18H19ClFNO2. The Labute approximate surface area is 140 Å². The number of carbonyl (C=O) groups is 1. The Morgan fingerprint density at radius 1 is 1.26 bits per heavy atom. The third-order valence-electron chi connectivity index (χ3n) is 3.47. The van der Waals surface area contributed by atoms with E-state index in [1.54, 1.807) is 36.4 Å². The molecule has 5 heteroatoms. The molecule has 1 amide bonds. The van der Waals surface area contributed by atoms with E-state index in [-0.39, 0.29) is 17.8 Å². The molecule has 0 aliphatic rings. The third kappa shape index (κ3) is 4.96. The predicted molar refractivity (Wildman–Crippen MR) is 89.1 cm³/mol. The SMILES string of the molecule is CC[C@H](Oc1cccc(Cl)c1)C(=O)N[C@@H](C)c1ccc(F)cc1. The van der Waals surface area contributed by atoms with Crippen LogP contribution in [-0.4, -0.2) is 12.0 Å². The molecular weight excluding hydrogens is 317 g/mol. The van der Waals surface area contributed by atoms with Gasteiger partial charge in [0.1, 0.15) is 11.6 Å². The highest BCUT2D eigenvalue weighted by atomic mass is 35.5. The summed E-state index contributed by atoms with van der Waals surface area (Å²) in [6.45, 7) is 3.72. The van der Waals surface area contributed by atoms with E-state index in [0.29, 0.717) is 17.2 Å². The van der Waals surface area contributed by atoms with Gasteiger partial charge in [-0.25, -0.2) is 4.39 Å². The fourth-order valence-electron chi connectivity index (χ4n) is 2.17. The number of benzene rings is 2. The first-order valence-corrected chi connectivity index (χ1v) is 7.85. The zero-order valence-corrected chi connectivity index (χ0v) is 13.8. The van der Waals surface area contributed by atoms with E-state index in [4.69, 9.17) is 16.3 Å². The monoisotopic (exact) mass is 335 g/mol. The second-order valence-electron chi connectivity index (χ2n) is 5.25. The molecule has 2 atom stereocenters. The van der Waals surface area contributed by atoms with Gasteiger partial charge in [0.2, 0.25) is 0 Å². The van der Waals surface area contributed by atoms with Gasteiger partial charge in [0.25, 0.3) is 5.91 Å². The molecule has 0 aromatic heterocycles. The van der Waals surface area contributed by atoms with Crippen LogP contribution >= 0.6 is 11.6 Å². The zero-order chi connectivity index (χ0) is 16.8. The van der Waals surface area contributed by atoms with Crippen molar-refractivity contribution in [2.75, 3.05) is 0 Å². The van der Waals surface area contributed by atoms with E-state index in [0.717, 1.165) is 5.56 Å². The summed E-state index contributed by atoms with van der Waals surface area (Å²) in [5.74, 6) is 0.0289. The Balaban J connectivity index is 2.00. The Hall–Kier alpha value is -2.07. The summed E-state index contributed by atoms with van der Waals surface area (Å²) >= 11 is 5.92. The largest absolute Gasteiger partial charge is 0.481 e. The van der Waals surface area contributed by atoms with Crippen LogP contribution in [0.25, 0.3) is 0 Å². The summed E-state index contributed by atoms with van der Waals surface area (Å²) in [6, 6.07) is 12.7. The molecule has 0 saturated heterocycles. The van der Waals surface area contributed by atoms with Crippen molar-refractivity contribution in [3.8, 4) is 5.75 Å². The summed E-state index contributed by atoms with van der Waals surface area (Å²) in [5.41, 5.74) is 0.831. The number of carbonyl (C=O) groups excluding carboxylic acids is 1. The van der Waals surface area contributed by atoms with Crippen LogP contribution in [0, 0.1) is 5.82 Å². The smallest absolute Gasteiger partial charge is 0.261 e. The molecule has 2 aromatic carbocycles. The quantitative estimate of drug-likeness (QED) is 0.843. The minimum atomic E-state index is -0.614. The van der Waals surface area contributed by atoms with E-state index in [9.17, 15) is 9.18 Å². The lowest BCUT2D eigenvalue weighted by Gasteiger charge is -2.21. The van der Waals surface area contributed by atoms with Crippen LogP contribution in [0.3, 0.4) is 0 Å². The maximum absolute atomic E-state index is 13.0. The van der Waals surface area contributed by atoms with Gasteiger partial charge in [0.05, 0.1) is 6.04 Å². The minimum Gasteiger partial charge on any atom is -0.481 e. The predicted octanol–water partition coefficient (Wildman–Crippen LogP) is 4.51. The van der Waals surface area contributed by atoms with Crippen LogP contribution in [-0.2, 0) is 4.79 Å². The van der Waals surface area contributed by atoms with Crippen LogP contribution in [0.5, 0.6) is 5.75 Å². The van der Waals surface area contributed by atoms with Gasteiger partial charge in [-0.05, 0) is 49.2 Å². The number of hydrogen-bond donors (Lipinski definition) is 1. The van der Waals surface area contributed by atoms with Crippen LogP contribution in [0.15, 0.2) is 48.5 Å². The number of amides is 1. The summed E-state index contributed by atoms with van der Waals surface area (Å²) in [4.78, 5) is 12.4. The summed E-state index contributed by atoms with van der Waals surface area (Å²) < 4.78 is 18.7. The first-order chi connectivity index (χ1) is 11.0. The molecule has 0 heterocycles. The van der Waals surface area contributed by atoms with Gasteiger partial charge in [-0.1, -0.05) is 36.7 Å². The maximum Gasteiger partial charge on any atom is 0.261 e. The second kappa shape index (κ2) is 7.97. The molecule has 23 heavy (non-hydrogen) atoms. The molecule has 2 aromatic rings. The van der Waals surface area contributed by atoms with Gasteiger partial charge in [-0.15, -0.1) is 0 Å². The van der Waals surface area contributed by atoms with Gasteiger partial charge >= 0.3 is 0 Å². The van der Waals surface area contributed by atoms with Gasteiger partial charge in [-0.3, -0.25) is 4.79 Å². The highest BCUT2D eigenvalue weighted by Gasteiger charge is 2.20. The van der Waals surface area contributed by atoms with Crippen molar-refractivity contribution in [1.82, 2.24) is 5.32 Å². The van der Waals surface area contributed by atoms with Crippen LogP contribution < -0.4 is 10.1 Å². The highest BCUT2D eigenvalue weighted by molar-refractivity contribution is 6.30. The van der Waals surface area contributed by atoms with Crippen molar-refractivity contribution >= 4 is 17.5 Å². The van der Waals surface area contributed by atoms with Gasteiger partial charge < -0.3 is 10.1 Å². The number of hydrogen-bond acceptors (Lipinski definition) is 2. The lowest BCUT2D eigenvalue weighted by Crippen LogP contribution is -2.39. The Kier molecular flexibility index (Phi) is 5.99.